The van der Waals surface area contributed by atoms with Gasteiger partial charge in [-0.05, 0) is 61.9 Å². The van der Waals surface area contributed by atoms with Crippen molar-refractivity contribution in [2.45, 2.75) is 55.9 Å². The van der Waals surface area contributed by atoms with E-state index in [1.54, 1.807) is 11.0 Å². The summed E-state index contributed by atoms with van der Waals surface area (Å²) in [6.45, 7) is 1.19. The normalized spacial score (nSPS) is 21.8. The number of amides is 1. The topological polar surface area (TPSA) is 84.0 Å². The van der Waals surface area contributed by atoms with E-state index in [-0.39, 0.29) is 23.1 Å². The van der Waals surface area contributed by atoms with E-state index in [9.17, 15) is 18.0 Å². The Hall–Kier alpha value is -2.71. The first-order chi connectivity index (χ1) is 16.4. The van der Waals surface area contributed by atoms with Gasteiger partial charge in [-0.1, -0.05) is 37.5 Å². The van der Waals surface area contributed by atoms with Gasteiger partial charge in [0.15, 0.2) is 0 Å². The van der Waals surface area contributed by atoms with Crippen molar-refractivity contribution in [2.75, 3.05) is 24.6 Å². The molecule has 1 amide bonds. The first-order valence-electron chi connectivity index (χ1n) is 12.1. The molecule has 1 atom stereocenters. The Balaban J connectivity index is 1.35. The third-order valence-corrected chi connectivity index (χ3v) is 9.17. The number of Topliss-reactive ketones (excluding diaryl/α,β-unsaturated/α-hetero) is 1. The fraction of sp³-hybridized carbons (Fsp3) is 0.462. The molecule has 2 aromatic carbocycles. The zero-order valence-corrected chi connectivity index (χ0v) is 20.0. The third kappa shape index (κ3) is 4.36. The van der Waals surface area contributed by atoms with Crippen LogP contribution < -0.4 is 9.64 Å². The fourth-order valence-corrected chi connectivity index (χ4v) is 7.09. The van der Waals surface area contributed by atoms with Gasteiger partial charge in [0.05, 0.1) is 22.2 Å². The number of carbonyl (C=O) groups is 2. The molecule has 0 aromatic heterocycles. The number of fused-ring (bicyclic) bond motifs is 1. The van der Waals surface area contributed by atoms with Crippen molar-refractivity contribution in [1.29, 1.82) is 0 Å². The van der Waals surface area contributed by atoms with Gasteiger partial charge in [0.2, 0.25) is 10.0 Å². The summed E-state index contributed by atoms with van der Waals surface area (Å²) in [6, 6.07) is 13.6. The number of hydrogen-bond donors (Lipinski definition) is 0. The minimum Gasteiger partial charge on any atom is -0.492 e. The lowest BCUT2D eigenvalue weighted by Gasteiger charge is -2.27. The molecule has 3 aliphatic rings. The van der Waals surface area contributed by atoms with Crippen molar-refractivity contribution in [3.8, 4) is 5.75 Å². The number of ketones is 1. The van der Waals surface area contributed by atoms with Crippen molar-refractivity contribution < 1.29 is 22.7 Å². The summed E-state index contributed by atoms with van der Waals surface area (Å²) < 4.78 is 34.3. The monoisotopic (exact) mass is 482 g/mol. The number of rotatable bonds is 7. The molecule has 0 bridgehead atoms. The van der Waals surface area contributed by atoms with Crippen LogP contribution in [-0.2, 0) is 14.8 Å². The number of para-hydroxylation sites is 1. The van der Waals surface area contributed by atoms with E-state index in [0.717, 1.165) is 32.1 Å². The third-order valence-electron chi connectivity index (χ3n) is 7.22. The van der Waals surface area contributed by atoms with Crippen LogP contribution in [0.4, 0.5) is 5.69 Å². The van der Waals surface area contributed by atoms with Gasteiger partial charge in [0.25, 0.3) is 11.7 Å². The fourth-order valence-electron chi connectivity index (χ4n) is 5.39. The molecule has 7 nitrogen and oxygen atoms in total. The van der Waals surface area contributed by atoms with Crippen LogP contribution in [0.1, 0.15) is 55.3 Å². The second-order valence-corrected chi connectivity index (χ2v) is 11.4. The van der Waals surface area contributed by atoms with Crippen LogP contribution in [-0.4, -0.2) is 50.2 Å². The molecular formula is C26H30N2O5S. The van der Waals surface area contributed by atoms with E-state index in [2.05, 4.69) is 0 Å². The number of hydrogen-bond acceptors (Lipinski definition) is 5. The zero-order chi connectivity index (χ0) is 23.7. The minimum absolute atomic E-state index is 0.0542. The van der Waals surface area contributed by atoms with Crippen LogP contribution in [0.5, 0.6) is 5.75 Å². The predicted octanol–water partition coefficient (Wildman–Crippen LogP) is 4.03. The summed E-state index contributed by atoms with van der Waals surface area (Å²) in [5.41, 5.74) is 0.725. The molecule has 0 radical (unpaired) electrons. The van der Waals surface area contributed by atoms with E-state index in [1.165, 1.54) is 22.9 Å². The lowest BCUT2D eigenvalue weighted by atomic mass is 9.89. The van der Waals surface area contributed by atoms with Crippen molar-refractivity contribution in [3.05, 3.63) is 54.1 Å². The van der Waals surface area contributed by atoms with Gasteiger partial charge in [0.1, 0.15) is 12.4 Å². The van der Waals surface area contributed by atoms with Gasteiger partial charge in [-0.15, -0.1) is 0 Å². The Bertz CT molecular complexity index is 1170. The van der Waals surface area contributed by atoms with Gasteiger partial charge >= 0.3 is 0 Å². The SMILES string of the molecule is O=C1C(=O)N(CC2CCCCC2)c2ccc(S(=O)(=O)N3CCC[C@H]3COc3ccccc3)cc21. The summed E-state index contributed by atoms with van der Waals surface area (Å²) in [5, 5.41) is 0. The highest BCUT2D eigenvalue weighted by Gasteiger charge is 2.40. The Labute approximate surface area is 200 Å². The molecule has 1 aliphatic carbocycles. The van der Waals surface area contributed by atoms with Crippen LogP contribution in [0.2, 0.25) is 0 Å². The summed E-state index contributed by atoms with van der Waals surface area (Å²) in [6.07, 6.45) is 7.09. The van der Waals surface area contributed by atoms with Crippen LogP contribution in [0.3, 0.4) is 0 Å². The highest BCUT2D eigenvalue weighted by molar-refractivity contribution is 7.89. The average molecular weight is 483 g/mol. The second kappa shape index (κ2) is 9.50. The van der Waals surface area contributed by atoms with Crippen molar-refractivity contribution >= 4 is 27.4 Å². The smallest absolute Gasteiger partial charge is 0.299 e. The second-order valence-electron chi connectivity index (χ2n) is 9.46. The standard InChI is InChI=1S/C26H30N2O5S/c29-25-23-16-22(13-14-24(23)27(26(25)30)17-19-8-3-1-4-9-19)34(31,32)28-15-7-10-20(28)18-33-21-11-5-2-6-12-21/h2,5-6,11-14,16,19-20H,1,3-4,7-10,15,17-18H2/t20-/m0/s1. The maximum absolute atomic E-state index is 13.5. The van der Waals surface area contributed by atoms with E-state index >= 15 is 0 Å². The number of carbonyl (C=O) groups excluding carboxylic acids is 2. The molecule has 2 aromatic rings. The summed E-state index contributed by atoms with van der Waals surface area (Å²) in [4.78, 5) is 27.1. The largest absolute Gasteiger partial charge is 0.492 e. The number of ether oxygens (including phenoxy) is 1. The molecule has 2 fully saturated rings. The minimum atomic E-state index is -3.83. The molecule has 5 rings (SSSR count). The Morgan fingerprint density at radius 3 is 2.44 bits per heavy atom. The summed E-state index contributed by atoms with van der Waals surface area (Å²) in [5.74, 6) is -0.0834. The van der Waals surface area contributed by atoms with E-state index in [4.69, 9.17) is 4.74 Å². The van der Waals surface area contributed by atoms with Gasteiger partial charge in [-0.3, -0.25) is 9.59 Å². The molecular weight excluding hydrogens is 452 g/mol. The molecule has 0 unspecified atom stereocenters. The van der Waals surface area contributed by atoms with Gasteiger partial charge in [0, 0.05) is 13.1 Å². The molecule has 1 saturated heterocycles. The lowest BCUT2D eigenvalue weighted by molar-refractivity contribution is -0.114. The van der Waals surface area contributed by atoms with Crippen LogP contribution in [0.15, 0.2) is 53.4 Å². The number of benzene rings is 2. The Kier molecular flexibility index (Phi) is 6.44. The molecule has 2 heterocycles. The molecule has 0 spiro atoms. The number of sulfonamides is 1. The Morgan fingerprint density at radius 1 is 0.912 bits per heavy atom. The van der Waals surface area contributed by atoms with Gasteiger partial charge in [-0.25, -0.2) is 8.42 Å². The van der Waals surface area contributed by atoms with Crippen LogP contribution in [0.25, 0.3) is 0 Å². The molecule has 0 N–H and O–H groups in total. The van der Waals surface area contributed by atoms with E-state index in [1.807, 2.05) is 30.3 Å². The molecule has 8 heteroatoms. The maximum Gasteiger partial charge on any atom is 0.299 e. The van der Waals surface area contributed by atoms with Crippen molar-refractivity contribution in [2.24, 2.45) is 5.92 Å². The maximum atomic E-state index is 13.5. The average Bonchev–Trinajstić information content (AvgIpc) is 3.44. The highest BCUT2D eigenvalue weighted by Crippen LogP contribution is 2.35. The number of nitrogens with zero attached hydrogens (tertiary/aromatic N) is 2. The van der Waals surface area contributed by atoms with Gasteiger partial charge < -0.3 is 9.64 Å². The van der Waals surface area contributed by atoms with E-state index < -0.39 is 21.7 Å². The van der Waals surface area contributed by atoms with Crippen molar-refractivity contribution in [1.82, 2.24) is 4.31 Å². The number of anilines is 1. The summed E-state index contributed by atoms with van der Waals surface area (Å²) >= 11 is 0. The van der Waals surface area contributed by atoms with Gasteiger partial charge in [-0.2, -0.15) is 4.31 Å². The molecule has 2 aliphatic heterocycles. The summed E-state index contributed by atoms with van der Waals surface area (Å²) in [7, 11) is -3.83. The van der Waals surface area contributed by atoms with Crippen LogP contribution in [0, 0.1) is 5.92 Å². The van der Waals surface area contributed by atoms with E-state index in [0.29, 0.717) is 36.9 Å². The molecule has 180 valence electrons. The zero-order valence-electron chi connectivity index (χ0n) is 19.2. The quantitative estimate of drug-likeness (QED) is 0.557. The van der Waals surface area contributed by atoms with Crippen molar-refractivity contribution in [3.63, 3.8) is 0 Å². The first-order valence-corrected chi connectivity index (χ1v) is 13.6. The molecule has 34 heavy (non-hydrogen) atoms. The highest BCUT2D eigenvalue weighted by atomic mass is 32.2. The first kappa shape index (κ1) is 23.1. The van der Waals surface area contributed by atoms with Crippen LogP contribution >= 0.6 is 0 Å². The molecule has 1 saturated carbocycles. The Morgan fingerprint density at radius 2 is 1.68 bits per heavy atom. The predicted molar refractivity (Wildman–Crippen MR) is 129 cm³/mol. The lowest BCUT2D eigenvalue weighted by Crippen LogP contribution is -2.39.